The van der Waals surface area contributed by atoms with Crippen molar-refractivity contribution in [1.29, 1.82) is 0 Å². The third-order valence-corrected chi connectivity index (χ3v) is 3.96. The van der Waals surface area contributed by atoms with Crippen molar-refractivity contribution in [3.63, 3.8) is 0 Å². The molecule has 1 N–H and O–H groups in total. The average Bonchev–Trinajstić information content (AvgIpc) is 2.40. The van der Waals surface area contributed by atoms with E-state index in [2.05, 4.69) is 0 Å². The van der Waals surface area contributed by atoms with Crippen LogP contribution < -0.4 is 0 Å². The fourth-order valence-corrected chi connectivity index (χ4v) is 2.77. The summed E-state index contributed by atoms with van der Waals surface area (Å²) in [7, 11) is 0. The van der Waals surface area contributed by atoms with Gasteiger partial charge >= 0.3 is 0 Å². The van der Waals surface area contributed by atoms with Crippen molar-refractivity contribution in [1.82, 2.24) is 0 Å². The van der Waals surface area contributed by atoms with Gasteiger partial charge in [0.2, 0.25) is 0 Å². The summed E-state index contributed by atoms with van der Waals surface area (Å²) in [5.74, 6) is 0.0482. The molecule has 0 unspecified atom stereocenters. The third-order valence-electron chi connectivity index (χ3n) is 3.96. The molecule has 122 valence electrons. The lowest BCUT2D eigenvalue weighted by Crippen LogP contribution is -2.30. The Morgan fingerprint density at radius 2 is 1.48 bits per heavy atom. The zero-order valence-electron chi connectivity index (χ0n) is 14.9. The maximum atomic E-state index is 12.9. The van der Waals surface area contributed by atoms with Crippen LogP contribution in [0.4, 0.5) is 0 Å². The minimum Gasteiger partial charge on any atom is -0.507 e. The normalized spacial score (nSPS) is 18.4. The smallest absolute Gasteiger partial charge is 0.189 e. The van der Waals surface area contributed by atoms with Gasteiger partial charge in [-0.3, -0.25) is 4.79 Å². The Kier molecular flexibility index (Phi) is 4.39. The Labute approximate surface area is 139 Å². The molecule has 0 atom stereocenters. The van der Waals surface area contributed by atoms with E-state index in [4.69, 9.17) is 0 Å². The Morgan fingerprint density at radius 3 is 1.96 bits per heavy atom. The highest BCUT2D eigenvalue weighted by Gasteiger charge is 2.37. The number of hydrogen-bond acceptors (Lipinski definition) is 2. The van der Waals surface area contributed by atoms with Gasteiger partial charge in [0.05, 0.1) is 0 Å². The van der Waals surface area contributed by atoms with Crippen LogP contribution >= 0.6 is 0 Å². The summed E-state index contributed by atoms with van der Waals surface area (Å²) in [6.07, 6.45) is 3.76. The summed E-state index contributed by atoms with van der Waals surface area (Å²) in [5.41, 5.74) is 2.24. The highest BCUT2D eigenvalue weighted by atomic mass is 16.3. The number of Topliss-reactive ketones (excluding diaryl/α,β-unsaturated/α-hetero) is 1. The van der Waals surface area contributed by atoms with Gasteiger partial charge in [0, 0.05) is 16.7 Å². The molecule has 0 fully saturated rings. The maximum absolute atomic E-state index is 12.9. The number of aliphatic hydroxyl groups is 1. The number of rotatable bonds is 1. The van der Waals surface area contributed by atoms with E-state index in [0.717, 1.165) is 11.1 Å². The maximum Gasteiger partial charge on any atom is 0.189 e. The van der Waals surface area contributed by atoms with Gasteiger partial charge < -0.3 is 5.11 Å². The van der Waals surface area contributed by atoms with Gasteiger partial charge in [-0.15, -0.1) is 0 Å². The molecule has 0 heterocycles. The van der Waals surface area contributed by atoms with Gasteiger partial charge in [0.15, 0.2) is 5.78 Å². The molecule has 23 heavy (non-hydrogen) atoms. The topological polar surface area (TPSA) is 37.3 Å². The van der Waals surface area contributed by atoms with Crippen molar-refractivity contribution >= 4 is 11.9 Å². The summed E-state index contributed by atoms with van der Waals surface area (Å²) in [5, 5.41) is 10.7. The fraction of sp³-hybridized carbons (Fsp3) is 0.381. The molecule has 0 spiro atoms. The minimum absolute atomic E-state index is 0.0484. The van der Waals surface area contributed by atoms with E-state index in [1.807, 2.05) is 84.0 Å². The third kappa shape index (κ3) is 3.64. The van der Waals surface area contributed by atoms with Crippen LogP contribution in [-0.4, -0.2) is 10.9 Å². The summed E-state index contributed by atoms with van der Waals surface area (Å²) >= 11 is 0. The van der Waals surface area contributed by atoms with Gasteiger partial charge in [0.25, 0.3) is 0 Å². The average molecular weight is 310 g/mol. The minimum atomic E-state index is -0.415. The molecule has 2 heteroatoms. The van der Waals surface area contributed by atoms with Crippen LogP contribution in [0.3, 0.4) is 0 Å². The van der Waals surface area contributed by atoms with Crippen LogP contribution in [0.15, 0.2) is 58.9 Å². The first-order chi connectivity index (χ1) is 10.5. The first-order valence-electron chi connectivity index (χ1n) is 7.99. The molecule has 1 aliphatic rings. The molecule has 2 nitrogen and oxygen atoms in total. The van der Waals surface area contributed by atoms with E-state index < -0.39 is 5.41 Å². The molecule has 1 aliphatic carbocycles. The second-order valence-electron chi connectivity index (χ2n) is 8.12. The van der Waals surface area contributed by atoms with E-state index in [9.17, 15) is 9.90 Å². The van der Waals surface area contributed by atoms with Gasteiger partial charge in [0.1, 0.15) is 5.76 Å². The first kappa shape index (κ1) is 17.3. The summed E-state index contributed by atoms with van der Waals surface area (Å²) in [6, 6.07) is 9.84. The molecule has 1 aromatic carbocycles. The van der Waals surface area contributed by atoms with Crippen LogP contribution in [0.1, 0.15) is 47.1 Å². The second kappa shape index (κ2) is 5.84. The summed E-state index contributed by atoms with van der Waals surface area (Å²) in [4.78, 5) is 12.9. The van der Waals surface area contributed by atoms with Crippen molar-refractivity contribution in [3.05, 3.63) is 64.4 Å². The Balaban J connectivity index is 2.68. The second-order valence-corrected chi connectivity index (χ2v) is 8.12. The van der Waals surface area contributed by atoms with Crippen LogP contribution in [0.5, 0.6) is 0 Å². The van der Waals surface area contributed by atoms with Crippen molar-refractivity contribution in [2.45, 2.75) is 41.5 Å². The first-order valence-corrected chi connectivity index (χ1v) is 7.99. The lowest BCUT2D eigenvalue weighted by Gasteiger charge is -2.32. The number of benzene rings is 1. The molecular weight excluding hydrogens is 284 g/mol. The van der Waals surface area contributed by atoms with Crippen molar-refractivity contribution in [3.8, 4) is 0 Å². The summed E-state index contributed by atoms with van der Waals surface area (Å²) < 4.78 is 0. The molecule has 1 aromatic rings. The highest BCUT2D eigenvalue weighted by molar-refractivity contribution is 6.12. The molecular formula is C21H26O2. The Morgan fingerprint density at radius 1 is 0.913 bits per heavy atom. The quantitative estimate of drug-likeness (QED) is 0.745. The molecule has 0 bridgehead atoms. The van der Waals surface area contributed by atoms with Gasteiger partial charge in [-0.1, -0.05) is 71.9 Å². The SMILES string of the molecule is CC(C)(C)C1=CC(=Cc2ccccc2)C(O)=C(C(C)(C)C)C1=O. The van der Waals surface area contributed by atoms with Crippen molar-refractivity contribution < 1.29 is 9.90 Å². The Hall–Kier alpha value is -2.09. The summed E-state index contributed by atoms with van der Waals surface area (Å²) in [6.45, 7) is 12.0. The lowest BCUT2D eigenvalue weighted by atomic mass is 9.71. The predicted octanol–water partition coefficient (Wildman–Crippen LogP) is 5.48. The molecule has 2 rings (SSSR count). The van der Waals surface area contributed by atoms with Crippen LogP contribution in [0, 0.1) is 10.8 Å². The molecule has 0 amide bonds. The van der Waals surface area contributed by atoms with Crippen LogP contribution in [0.25, 0.3) is 6.08 Å². The van der Waals surface area contributed by atoms with Gasteiger partial charge in [-0.05, 0) is 28.5 Å². The van der Waals surface area contributed by atoms with Crippen molar-refractivity contribution in [2.75, 3.05) is 0 Å². The number of carbonyl (C=O) groups excluding carboxylic acids is 1. The van der Waals surface area contributed by atoms with Crippen molar-refractivity contribution in [2.24, 2.45) is 10.8 Å². The number of hydrogen-bond donors (Lipinski definition) is 1. The molecule has 0 saturated carbocycles. The number of aliphatic hydroxyl groups excluding tert-OH is 1. The molecule has 0 aliphatic heterocycles. The van der Waals surface area contributed by atoms with Crippen LogP contribution in [-0.2, 0) is 4.79 Å². The van der Waals surface area contributed by atoms with Gasteiger partial charge in [-0.25, -0.2) is 0 Å². The fourth-order valence-electron chi connectivity index (χ4n) is 2.77. The lowest BCUT2D eigenvalue weighted by molar-refractivity contribution is -0.114. The molecule has 0 saturated heterocycles. The predicted molar refractivity (Wildman–Crippen MR) is 96.1 cm³/mol. The van der Waals surface area contributed by atoms with E-state index in [-0.39, 0.29) is 17.0 Å². The van der Waals surface area contributed by atoms with E-state index in [0.29, 0.717) is 11.1 Å². The largest absolute Gasteiger partial charge is 0.507 e. The highest BCUT2D eigenvalue weighted by Crippen LogP contribution is 2.41. The Bertz CT molecular complexity index is 702. The zero-order valence-corrected chi connectivity index (χ0v) is 14.9. The van der Waals surface area contributed by atoms with E-state index >= 15 is 0 Å². The number of ketones is 1. The standard InChI is InChI=1S/C21H26O2/c1-20(2,3)16-13-15(12-14-10-8-7-9-11-14)18(22)17(19(16)23)21(4,5)6/h7-13,22H,1-6H3. The number of carbonyl (C=O) groups is 1. The number of allylic oxidation sites excluding steroid dienone is 3. The van der Waals surface area contributed by atoms with E-state index in [1.54, 1.807) is 0 Å². The zero-order chi connectivity index (χ0) is 17.4. The van der Waals surface area contributed by atoms with Crippen LogP contribution in [0.2, 0.25) is 0 Å². The molecule has 0 aromatic heterocycles. The van der Waals surface area contributed by atoms with E-state index in [1.165, 1.54) is 0 Å². The van der Waals surface area contributed by atoms with Gasteiger partial charge in [-0.2, -0.15) is 0 Å². The monoisotopic (exact) mass is 310 g/mol. The molecule has 0 radical (unpaired) electrons.